The molecule has 0 aromatic carbocycles. The summed E-state index contributed by atoms with van der Waals surface area (Å²) in [5.74, 6) is -0.948. The molecule has 9 nitrogen and oxygen atoms in total. The van der Waals surface area contributed by atoms with Crippen molar-refractivity contribution < 1.29 is 19.1 Å². The van der Waals surface area contributed by atoms with E-state index in [4.69, 9.17) is 10.00 Å². The van der Waals surface area contributed by atoms with Crippen molar-refractivity contribution in [1.29, 1.82) is 5.26 Å². The van der Waals surface area contributed by atoms with Crippen LogP contribution in [0.4, 0.5) is 0 Å². The van der Waals surface area contributed by atoms with Gasteiger partial charge in [-0.1, -0.05) is 25.3 Å². The number of aliphatic imine (C=N–C) groups is 1. The summed E-state index contributed by atoms with van der Waals surface area (Å²) < 4.78 is 5.26. The second-order valence-corrected chi connectivity index (χ2v) is 10.7. The van der Waals surface area contributed by atoms with E-state index < -0.39 is 23.2 Å². The molecule has 3 rings (SSSR count). The van der Waals surface area contributed by atoms with Gasteiger partial charge in [-0.2, -0.15) is 5.26 Å². The highest BCUT2D eigenvalue weighted by molar-refractivity contribution is 6.23. The number of carbonyl (C=O) groups is 3. The van der Waals surface area contributed by atoms with Crippen molar-refractivity contribution in [3.05, 3.63) is 29.6 Å². The number of amides is 2. The Balaban J connectivity index is 1.79. The number of hydrogen-bond donors (Lipinski definition) is 1. The Morgan fingerprint density at radius 3 is 2.61 bits per heavy atom. The van der Waals surface area contributed by atoms with Crippen LogP contribution in [-0.4, -0.2) is 57.6 Å². The number of nitrogens with zero attached hydrogens (tertiary/aromatic N) is 4. The minimum atomic E-state index is -0.937. The van der Waals surface area contributed by atoms with Gasteiger partial charge >= 0.3 is 5.97 Å². The summed E-state index contributed by atoms with van der Waals surface area (Å²) in [5, 5.41) is 12.0. The van der Waals surface area contributed by atoms with Gasteiger partial charge in [0.25, 0.3) is 0 Å². The van der Waals surface area contributed by atoms with Crippen molar-refractivity contribution in [3.63, 3.8) is 0 Å². The quantitative estimate of drug-likeness (QED) is 0.457. The molecule has 1 N–H and O–H groups in total. The lowest BCUT2D eigenvalue weighted by Gasteiger charge is -2.45. The summed E-state index contributed by atoms with van der Waals surface area (Å²) in [6.07, 6.45) is 8.97. The summed E-state index contributed by atoms with van der Waals surface area (Å²) in [6.45, 7) is 7.69. The maximum Gasteiger partial charge on any atom is 0.349 e. The first-order valence-electron chi connectivity index (χ1n) is 12.8. The van der Waals surface area contributed by atoms with Gasteiger partial charge in [-0.05, 0) is 70.9 Å². The smallest absolute Gasteiger partial charge is 0.349 e. The second-order valence-electron chi connectivity index (χ2n) is 10.7. The van der Waals surface area contributed by atoms with Crippen molar-refractivity contribution in [2.45, 2.75) is 96.4 Å². The van der Waals surface area contributed by atoms with Crippen LogP contribution in [0.15, 0.2) is 23.3 Å². The third kappa shape index (κ3) is 6.48. The zero-order valence-electron chi connectivity index (χ0n) is 21.7. The molecule has 2 atom stereocenters. The van der Waals surface area contributed by atoms with E-state index in [1.54, 1.807) is 50.9 Å². The fourth-order valence-corrected chi connectivity index (χ4v) is 5.29. The summed E-state index contributed by atoms with van der Waals surface area (Å²) in [5.41, 5.74) is -0.485. The molecule has 1 aliphatic carbocycles. The van der Waals surface area contributed by atoms with Crippen molar-refractivity contribution in [1.82, 2.24) is 15.2 Å². The first kappa shape index (κ1) is 27.3. The molecule has 2 aliphatic rings. The van der Waals surface area contributed by atoms with E-state index in [9.17, 15) is 14.4 Å². The second kappa shape index (κ2) is 11.6. The van der Waals surface area contributed by atoms with Crippen LogP contribution in [0, 0.1) is 17.2 Å². The third-order valence-corrected chi connectivity index (χ3v) is 6.92. The Morgan fingerprint density at radius 2 is 2.00 bits per heavy atom. The maximum atomic E-state index is 13.8. The normalized spacial score (nSPS) is 21.7. The molecular weight excluding hydrogens is 458 g/mol. The van der Waals surface area contributed by atoms with Gasteiger partial charge in [0.05, 0.1) is 0 Å². The first-order chi connectivity index (χ1) is 17.1. The highest BCUT2D eigenvalue weighted by Crippen LogP contribution is 2.44. The monoisotopic (exact) mass is 495 g/mol. The molecular formula is C27H37N5O4. The number of likely N-dealkylation sites (tertiary alicyclic amines) is 1. The van der Waals surface area contributed by atoms with Gasteiger partial charge in [0.1, 0.15) is 35.2 Å². The van der Waals surface area contributed by atoms with E-state index in [0.717, 1.165) is 50.3 Å². The predicted octanol–water partition coefficient (Wildman–Crippen LogP) is 3.31. The van der Waals surface area contributed by atoms with E-state index in [1.165, 1.54) is 0 Å². The molecule has 2 fully saturated rings. The topological polar surface area (TPSA) is 125 Å². The number of ether oxygens (including phenoxy) is 1. The number of hydrogen-bond acceptors (Lipinski definition) is 7. The molecule has 9 heteroatoms. The molecule has 0 bridgehead atoms. The van der Waals surface area contributed by atoms with Crippen molar-refractivity contribution >= 4 is 24.0 Å². The number of nitrogens with one attached hydrogen (secondary N) is 1. The fourth-order valence-electron chi connectivity index (χ4n) is 5.29. The Morgan fingerprint density at radius 1 is 1.28 bits per heavy atom. The molecule has 0 unspecified atom stereocenters. The maximum absolute atomic E-state index is 13.8. The number of nitriles is 1. The van der Waals surface area contributed by atoms with Crippen LogP contribution < -0.4 is 5.32 Å². The van der Waals surface area contributed by atoms with Crippen molar-refractivity contribution in [2.24, 2.45) is 10.9 Å². The van der Waals surface area contributed by atoms with Crippen LogP contribution >= 0.6 is 0 Å². The van der Waals surface area contributed by atoms with E-state index in [1.807, 2.05) is 6.07 Å². The molecule has 1 saturated carbocycles. The molecule has 194 valence electrons. The van der Waals surface area contributed by atoms with Crippen LogP contribution in [0.3, 0.4) is 0 Å². The van der Waals surface area contributed by atoms with Crippen molar-refractivity contribution in [2.75, 3.05) is 6.54 Å². The minimum absolute atomic E-state index is 0.0684. The first-order valence-corrected chi connectivity index (χ1v) is 12.8. The lowest BCUT2D eigenvalue weighted by molar-refractivity contribution is -0.150. The van der Waals surface area contributed by atoms with Gasteiger partial charge in [0.15, 0.2) is 0 Å². The molecule has 1 aromatic heterocycles. The summed E-state index contributed by atoms with van der Waals surface area (Å²) >= 11 is 0. The average molecular weight is 496 g/mol. The van der Waals surface area contributed by atoms with Crippen molar-refractivity contribution in [3.8, 4) is 6.07 Å². The van der Waals surface area contributed by atoms with Gasteiger partial charge < -0.3 is 15.0 Å². The summed E-state index contributed by atoms with van der Waals surface area (Å²) in [7, 11) is 0. The Labute approximate surface area is 213 Å². The SMILES string of the molecule is C[C@H](N=CC(=O)OC(C)(C)C)C(=O)N1CCC[C@]1(C(=O)NCc1ccc(C#N)nc1)C1CCCCC1. The lowest BCUT2D eigenvalue weighted by Crippen LogP contribution is -2.63. The third-order valence-electron chi connectivity index (χ3n) is 6.92. The minimum Gasteiger partial charge on any atom is -0.456 e. The number of carbonyl (C=O) groups excluding carboxylic acids is 3. The van der Waals surface area contributed by atoms with E-state index in [-0.39, 0.29) is 24.3 Å². The standard InChI is InChI=1S/C27H37N5O4/c1-19(29-18-23(33)36-26(2,3)4)24(34)32-14-8-13-27(32,21-9-6-5-7-10-21)25(35)31-17-20-11-12-22(15-28)30-16-20/h11-12,16,18-19,21H,5-10,13-14,17H2,1-4H3,(H,31,35)/t19-,27+/m0/s1. The molecule has 1 aromatic rings. The molecule has 1 saturated heterocycles. The van der Waals surface area contributed by atoms with E-state index in [2.05, 4.69) is 15.3 Å². The average Bonchev–Trinajstić information content (AvgIpc) is 3.31. The fraction of sp³-hybridized carbons (Fsp3) is 0.630. The zero-order chi connectivity index (χ0) is 26.3. The highest BCUT2D eigenvalue weighted by atomic mass is 16.6. The van der Waals surface area contributed by atoms with Gasteiger partial charge in [0, 0.05) is 19.3 Å². The van der Waals surface area contributed by atoms with Gasteiger partial charge in [0.2, 0.25) is 11.8 Å². The van der Waals surface area contributed by atoms with E-state index in [0.29, 0.717) is 18.7 Å². The number of rotatable bonds is 7. The molecule has 36 heavy (non-hydrogen) atoms. The molecule has 2 amide bonds. The molecule has 2 heterocycles. The number of pyridine rings is 1. The molecule has 0 radical (unpaired) electrons. The molecule has 0 spiro atoms. The van der Waals surface area contributed by atoms with E-state index >= 15 is 0 Å². The predicted molar refractivity (Wildman–Crippen MR) is 135 cm³/mol. The van der Waals surface area contributed by atoms with Gasteiger partial charge in [-0.15, -0.1) is 0 Å². The van der Waals surface area contributed by atoms with Crippen LogP contribution in [0.1, 0.15) is 83.9 Å². The number of aromatic nitrogens is 1. The number of esters is 1. The Hall–Kier alpha value is -3.28. The zero-order valence-corrected chi connectivity index (χ0v) is 21.7. The van der Waals surface area contributed by atoms with Crippen LogP contribution in [0.5, 0.6) is 0 Å². The van der Waals surface area contributed by atoms with Crippen LogP contribution in [0.25, 0.3) is 0 Å². The van der Waals surface area contributed by atoms with Gasteiger partial charge in [-0.25, -0.2) is 9.78 Å². The highest BCUT2D eigenvalue weighted by Gasteiger charge is 2.54. The largest absolute Gasteiger partial charge is 0.456 e. The Bertz CT molecular complexity index is 1020. The van der Waals surface area contributed by atoms with Crippen LogP contribution in [0.2, 0.25) is 0 Å². The lowest BCUT2D eigenvalue weighted by atomic mass is 9.72. The van der Waals surface area contributed by atoms with Crippen LogP contribution in [-0.2, 0) is 25.7 Å². The molecule has 1 aliphatic heterocycles. The van der Waals surface area contributed by atoms with Gasteiger partial charge in [-0.3, -0.25) is 14.6 Å². The Kier molecular flexibility index (Phi) is 8.83. The summed E-state index contributed by atoms with van der Waals surface area (Å²) in [6, 6.07) is 4.56. The summed E-state index contributed by atoms with van der Waals surface area (Å²) in [4.78, 5) is 49.5.